The third kappa shape index (κ3) is 3.15. The van der Waals surface area contributed by atoms with E-state index in [2.05, 4.69) is 34.3 Å². The predicted octanol–water partition coefficient (Wildman–Crippen LogP) is 4.25. The second-order valence-corrected chi connectivity index (χ2v) is 8.67. The van der Waals surface area contributed by atoms with Gasteiger partial charge in [-0.3, -0.25) is 0 Å². The molecule has 0 unspecified atom stereocenters. The van der Waals surface area contributed by atoms with Crippen molar-refractivity contribution >= 4 is 34.0 Å². The van der Waals surface area contributed by atoms with Crippen LogP contribution in [0.1, 0.15) is 18.4 Å². The lowest BCUT2D eigenvalue weighted by Gasteiger charge is -2.38. The van der Waals surface area contributed by atoms with Crippen LogP contribution >= 0.6 is 11.6 Å². The second-order valence-electron chi connectivity index (χ2n) is 8.23. The smallest absolute Gasteiger partial charge is 0.186 e. The van der Waals surface area contributed by atoms with Crippen molar-refractivity contribution in [1.82, 2.24) is 19.8 Å². The number of rotatable bonds is 2. The summed E-state index contributed by atoms with van der Waals surface area (Å²) in [6.07, 6.45) is 1.62. The zero-order valence-electron chi connectivity index (χ0n) is 17.2. The molecule has 0 amide bonds. The zero-order chi connectivity index (χ0) is 21.0. The van der Waals surface area contributed by atoms with Gasteiger partial charge in [-0.1, -0.05) is 40.6 Å². The van der Waals surface area contributed by atoms with Crippen LogP contribution in [0.2, 0.25) is 5.02 Å². The molecule has 2 aromatic heterocycles. The van der Waals surface area contributed by atoms with E-state index in [1.165, 1.54) is 5.56 Å². The monoisotopic (exact) mass is 435 g/mol. The van der Waals surface area contributed by atoms with Crippen LogP contribution in [0.25, 0.3) is 27.8 Å². The molecule has 0 atom stereocenters. The molecular weight excluding hydrogens is 414 g/mol. The lowest BCUT2D eigenvalue weighted by atomic mass is 10.0. The van der Waals surface area contributed by atoms with Crippen molar-refractivity contribution < 1.29 is 9.47 Å². The normalized spacial score (nSPS) is 18.5. The fourth-order valence-corrected chi connectivity index (χ4v) is 4.81. The SMILES string of the molecule is Cc1cccc(-c2nnn3c2nc(N2CCC4(CC2)OCCO4)c2cc(Cl)ccc23)c1. The average molecular weight is 436 g/mol. The third-order valence-electron chi connectivity index (χ3n) is 6.22. The molecule has 8 heteroatoms. The minimum absolute atomic E-state index is 0.432. The Labute approximate surface area is 184 Å². The fourth-order valence-electron chi connectivity index (χ4n) is 4.64. The summed E-state index contributed by atoms with van der Waals surface area (Å²) >= 11 is 6.37. The van der Waals surface area contributed by atoms with E-state index in [9.17, 15) is 0 Å². The Bertz CT molecular complexity index is 1290. The predicted molar refractivity (Wildman–Crippen MR) is 120 cm³/mol. The van der Waals surface area contributed by atoms with Crippen molar-refractivity contribution in [1.29, 1.82) is 0 Å². The number of hydrogen-bond donors (Lipinski definition) is 0. The molecule has 31 heavy (non-hydrogen) atoms. The maximum atomic E-state index is 6.37. The summed E-state index contributed by atoms with van der Waals surface area (Å²) < 4.78 is 13.6. The molecule has 0 bridgehead atoms. The van der Waals surface area contributed by atoms with Gasteiger partial charge in [0.05, 0.1) is 18.7 Å². The van der Waals surface area contributed by atoms with Gasteiger partial charge >= 0.3 is 0 Å². The van der Waals surface area contributed by atoms with Gasteiger partial charge in [-0.15, -0.1) is 5.10 Å². The molecule has 4 aromatic rings. The van der Waals surface area contributed by atoms with Crippen LogP contribution in [0.3, 0.4) is 0 Å². The van der Waals surface area contributed by atoms with E-state index in [0.717, 1.165) is 59.6 Å². The summed E-state index contributed by atoms with van der Waals surface area (Å²) in [5.74, 6) is 0.466. The minimum atomic E-state index is -0.432. The van der Waals surface area contributed by atoms with Crippen LogP contribution < -0.4 is 4.90 Å². The summed E-state index contributed by atoms with van der Waals surface area (Å²) in [5.41, 5.74) is 4.63. The molecule has 0 aliphatic carbocycles. The highest BCUT2D eigenvalue weighted by Crippen LogP contribution is 2.36. The van der Waals surface area contributed by atoms with Gasteiger partial charge in [0.25, 0.3) is 0 Å². The molecule has 2 aromatic carbocycles. The summed E-state index contributed by atoms with van der Waals surface area (Å²) in [6.45, 7) is 5.01. The first-order valence-electron chi connectivity index (χ1n) is 10.6. The van der Waals surface area contributed by atoms with Gasteiger partial charge in [0.1, 0.15) is 11.5 Å². The van der Waals surface area contributed by atoms with E-state index in [1.807, 2.05) is 34.8 Å². The van der Waals surface area contributed by atoms with Gasteiger partial charge in [0, 0.05) is 41.9 Å². The maximum Gasteiger partial charge on any atom is 0.186 e. The largest absolute Gasteiger partial charge is 0.356 e. The number of anilines is 1. The Balaban J connectivity index is 1.50. The first kappa shape index (κ1) is 19.0. The number of benzene rings is 2. The highest BCUT2D eigenvalue weighted by atomic mass is 35.5. The van der Waals surface area contributed by atoms with Crippen molar-refractivity contribution in [2.75, 3.05) is 31.2 Å². The molecule has 2 saturated heterocycles. The first-order valence-corrected chi connectivity index (χ1v) is 10.9. The van der Waals surface area contributed by atoms with E-state index in [1.54, 1.807) is 0 Å². The Morgan fingerprint density at radius 2 is 1.84 bits per heavy atom. The molecule has 1 spiro atoms. The Morgan fingerprint density at radius 1 is 1.03 bits per heavy atom. The van der Waals surface area contributed by atoms with Gasteiger partial charge in [0.15, 0.2) is 11.4 Å². The molecule has 0 radical (unpaired) electrons. The number of aryl methyl sites for hydroxylation is 1. The second kappa shape index (κ2) is 7.15. The van der Waals surface area contributed by atoms with E-state index in [-0.39, 0.29) is 0 Å². The minimum Gasteiger partial charge on any atom is -0.356 e. The molecule has 7 nitrogen and oxygen atoms in total. The lowest BCUT2D eigenvalue weighted by molar-refractivity contribution is -0.169. The number of piperidine rings is 1. The molecule has 4 heterocycles. The molecule has 0 N–H and O–H groups in total. The highest BCUT2D eigenvalue weighted by Gasteiger charge is 2.40. The van der Waals surface area contributed by atoms with Crippen molar-refractivity contribution in [3.63, 3.8) is 0 Å². The number of halogens is 1. The number of aromatic nitrogens is 4. The van der Waals surface area contributed by atoms with Crippen molar-refractivity contribution in [2.45, 2.75) is 25.6 Å². The summed E-state index contributed by atoms with van der Waals surface area (Å²) in [5, 5.41) is 10.5. The summed E-state index contributed by atoms with van der Waals surface area (Å²) in [4.78, 5) is 7.37. The van der Waals surface area contributed by atoms with E-state index >= 15 is 0 Å². The van der Waals surface area contributed by atoms with Gasteiger partial charge in [0.2, 0.25) is 0 Å². The molecule has 6 rings (SSSR count). The van der Waals surface area contributed by atoms with Crippen molar-refractivity contribution in [2.24, 2.45) is 0 Å². The first-order chi connectivity index (χ1) is 15.1. The van der Waals surface area contributed by atoms with Gasteiger partial charge in [-0.25, -0.2) is 4.98 Å². The molecule has 158 valence electrons. The van der Waals surface area contributed by atoms with Crippen LogP contribution in [-0.4, -0.2) is 51.9 Å². The maximum absolute atomic E-state index is 6.37. The Morgan fingerprint density at radius 3 is 2.61 bits per heavy atom. The van der Waals surface area contributed by atoms with Gasteiger partial charge < -0.3 is 14.4 Å². The lowest BCUT2D eigenvalue weighted by Crippen LogP contribution is -2.45. The number of nitrogens with zero attached hydrogens (tertiary/aromatic N) is 5. The molecule has 0 saturated carbocycles. The summed E-state index contributed by atoms with van der Waals surface area (Å²) in [6, 6.07) is 14.1. The summed E-state index contributed by atoms with van der Waals surface area (Å²) in [7, 11) is 0. The van der Waals surface area contributed by atoms with Crippen LogP contribution in [0.5, 0.6) is 0 Å². The van der Waals surface area contributed by atoms with Gasteiger partial charge in [-0.05, 0) is 31.2 Å². The van der Waals surface area contributed by atoms with Crippen molar-refractivity contribution in [3.8, 4) is 11.3 Å². The highest BCUT2D eigenvalue weighted by molar-refractivity contribution is 6.31. The quantitative estimate of drug-likeness (QED) is 0.469. The topological polar surface area (TPSA) is 64.8 Å². The molecular formula is C23H22ClN5O2. The zero-order valence-corrected chi connectivity index (χ0v) is 18.0. The standard InChI is InChI=1S/C23H22ClN5O2/c1-15-3-2-4-16(13-15)20-22-25-21(28-9-7-23(8-10-28)30-11-12-31-23)18-14-17(24)5-6-19(18)29(22)27-26-20/h2-6,13-14H,7-12H2,1H3. The van der Waals surface area contributed by atoms with Gasteiger partial charge in [-0.2, -0.15) is 4.52 Å². The Kier molecular flexibility index (Phi) is 4.38. The van der Waals surface area contributed by atoms with Crippen LogP contribution in [0, 0.1) is 6.92 Å². The van der Waals surface area contributed by atoms with Crippen LogP contribution in [0.15, 0.2) is 42.5 Å². The third-order valence-corrected chi connectivity index (χ3v) is 6.45. The number of fused-ring (bicyclic) bond motifs is 3. The van der Waals surface area contributed by atoms with E-state index in [4.69, 9.17) is 26.1 Å². The molecule has 2 aliphatic rings. The fraction of sp³-hybridized carbons (Fsp3) is 0.348. The van der Waals surface area contributed by atoms with Crippen molar-refractivity contribution in [3.05, 3.63) is 53.1 Å². The average Bonchev–Trinajstić information content (AvgIpc) is 3.41. The molecule has 2 aliphatic heterocycles. The van der Waals surface area contributed by atoms with E-state index < -0.39 is 5.79 Å². The van der Waals surface area contributed by atoms with Crippen LogP contribution in [-0.2, 0) is 9.47 Å². The number of ether oxygens (including phenoxy) is 2. The van der Waals surface area contributed by atoms with E-state index in [0.29, 0.717) is 18.2 Å². The molecule has 2 fully saturated rings. The Hall–Kier alpha value is -2.74. The van der Waals surface area contributed by atoms with Crippen LogP contribution in [0.4, 0.5) is 5.82 Å². The number of hydrogen-bond acceptors (Lipinski definition) is 6.